The molecular formula is C11H20N2. The molecule has 1 unspecified atom stereocenters. The van der Waals surface area contributed by atoms with E-state index in [2.05, 4.69) is 38.7 Å². The summed E-state index contributed by atoms with van der Waals surface area (Å²) < 4.78 is 0. The third-order valence-electron chi connectivity index (χ3n) is 3.72. The normalized spacial score (nSPS) is 31.1. The second-order valence-electron chi connectivity index (χ2n) is 4.53. The van der Waals surface area contributed by atoms with Crippen LogP contribution in [0.3, 0.4) is 0 Å². The maximum Gasteiger partial charge on any atom is 0.114 e. The van der Waals surface area contributed by atoms with Crippen molar-refractivity contribution in [3.63, 3.8) is 0 Å². The van der Waals surface area contributed by atoms with Crippen molar-refractivity contribution >= 4 is 0 Å². The Morgan fingerprint density at radius 1 is 1.23 bits per heavy atom. The van der Waals surface area contributed by atoms with E-state index < -0.39 is 0 Å². The van der Waals surface area contributed by atoms with Crippen molar-refractivity contribution < 1.29 is 0 Å². The minimum absolute atomic E-state index is 0.174. The third kappa shape index (κ3) is 1.26. The minimum Gasteiger partial charge on any atom is -0.286 e. The van der Waals surface area contributed by atoms with E-state index in [0.29, 0.717) is 0 Å². The van der Waals surface area contributed by atoms with Crippen molar-refractivity contribution in [2.45, 2.75) is 46.1 Å². The van der Waals surface area contributed by atoms with Crippen molar-refractivity contribution in [2.75, 3.05) is 13.1 Å². The van der Waals surface area contributed by atoms with Gasteiger partial charge in [0.05, 0.1) is 6.07 Å². The lowest BCUT2D eigenvalue weighted by Crippen LogP contribution is -2.63. The summed E-state index contributed by atoms with van der Waals surface area (Å²) in [5, 5.41) is 9.31. The molecule has 0 aromatic rings. The van der Waals surface area contributed by atoms with Crippen molar-refractivity contribution in [3.8, 4) is 6.07 Å². The molecular weight excluding hydrogens is 160 g/mol. The van der Waals surface area contributed by atoms with Crippen LogP contribution in [-0.2, 0) is 0 Å². The van der Waals surface area contributed by atoms with Crippen LogP contribution in [0, 0.1) is 16.7 Å². The summed E-state index contributed by atoms with van der Waals surface area (Å²) in [6.07, 6.45) is 2.22. The molecule has 0 amide bonds. The van der Waals surface area contributed by atoms with Gasteiger partial charge in [-0.05, 0) is 31.3 Å². The quantitative estimate of drug-likeness (QED) is 0.667. The molecule has 2 heteroatoms. The molecule has 0 aromatic carbocycles. The molecule has 0 radical (unpaired) electrons. The monoisotopic (exact) mass is 180 g/mol. The largest absolute Gasteiger partial charge is 0.286 e. The highest BCUT2D eigenvalue weighted by Crippen LogP contribution is 2.52. The molecule has 1 fully saturated rings. The van der Waals surface area contributed by atoms with Crippen LogP contribution >= 0.6 is 0 Å². The zero-order chi connectivity index (χ0) is 10.1. The van der Waals surface area contributed by atoms with E-state index in [1.165, 1.54) is 6.42 Å². The summed E-state index contributed by atoms with van der Waals surface area (Å²) in [5.74, 6) is 0. The lowest BCUT2D eigenvalue weighted by atomic mass is 9.56. The predicted molar refractivity (Wildman–Crippen MR) is 54.3 cm³/mol. The molecule has 1 rings (SSSR count). The van der Waals surface area contributed by atoms with Gasteiger partial charge in [-0.3, -0.25) is 4.90 Å². The van der Waals surface area contributed by atoms with E-state index in [1.807, 2.05) is 0 Å². The number of nitrogens with zero attached hydrogens (tertiary/aromatic N) is 2. The van der Waals surface area contributed by atoms with Crippen molar-refractivity contribution in [2.24, 2.45) is 5.41 Å². The molecule has 0 aliphatic heterocycles. The van der Waals surface area contributed by atoms with Crippen molar-refractivity contribution in [1.29, 1.82) is 5.26 Å². The average molecular weight is 180 g/mol. The Morgan fingerprint density at radius 3 is 1.85 bits per heavy atom. The lowest BCUT2D eigenvalue weighted by Gasteiger charge is -2.57. The van der Waals surface area contributed by atoms with Crippen LogP contribution in [0.15, 0.2) is 0 Å². The van der Waals surface area contributed by atoms with Gasteiger partial charge in [-0.2, -0.15) is 5.26 Å². The van der Waals surface area contributed by atoms with Gasteiger partial charge in [0.2, 0.25) is 0 Å². The van der Waals surface area contributed by atoms with Crippen LogP contribution in [0.4, 0.5) is 0 Å². The fourth-order valence-corrected chi connectivity index (χ4v) is 2.49. The van der Waals surface area contributed by atoms with Crippen LogP contribution in [0.1, 0.15) is 40.5 Å². The molecule has 0 spiro atoms. The maximum atomic E-state index is 9.31. The summed E-state index contributed by atoms with van der Waals surface area (Å²) in [6.45, 7) is 10.6. The fourth-order valence-electron chi connectivity index (χ4n) is 2.49. The Hall–Kier alpha value is -0.550. The first-order chi connectivity index (χ1) is 6.04. The summed E-state index contributed by atoms with van der Waals surface area (Å²) in [5.41, 5.74) is -0.00965. The fraction of sp³-hybridized carbons (Fsp3) is 0.909. The third-order valence-corrected chi connectivity index (χ3v) is 3.72. The zero-order valence-corrected chi connectivity index (χ0v) is 9.22. The molecule has 0 saturated heterocycles. The van der Waals surface area contributed by atoms with Gasteiger partial charge in [0.25, 0.3) is 0 Å². The molecule has 1 aliphatic rings. The number of nitriles is 1. The average Bonchev–Trinajstić information content (AvgIpc) is 2.12. The Morgan fingerprint density at radius 2 is 1.77 bits per heavy atom. The summed E-state index contributed by atoms with van der Waals surface area (Å²) in [7, 11) is 0. The predicted octanol–water partition coefficient (Wildman–Crippen LogP) is 2.41. The van der Waals surface area contributed by atoms with Gasteiger partial charge >= 0.3 is 0 Å². The molecule has 0 N–H and O–H groups in total. The van der Waals surface area contributed by atoms with E-state index in [4.69, 9.17) is 0 Å². The Kier molecular flexibility index (Phi) is 2.68. The SMILES string of the molecule is CCN(CC)C1(C#N)CCC1(C)C. The smallest absolute Gasteiger partial charge is 0.114 e. The van der Waals surface area contributed by atoms with E-state index in [0.717, 1.165) is 19.5 Å². The van der Waals surface area contributed by atoms with E-state index >= 15 is 0 Å². The number of hydrogen-bond donors (Lipinski definition) is 0. The highest BCUT2D eigenvalue weighted by Gasteiger charge is 2.56. The molecule has 2 nitrogen and oxygen atoms in total. The molecule has 0 aromatic heterocycles. The molecule has 1 aliphatic carbocycles. The van der Waals surface area contributed by atoms with Gasteiger partial charge in [-0.15, -0.1) is 0 Å². The topological polar surface area (TPSA) is 27.0 Å². The van der Waals surface area contributed by atoms with Gasteiger partial charge in [-0.25, -0.2) is 0 Å². The summed E-state index contributed by atoms with van der Waals surface area (Å²) >= 11 is 0. The second kappa shape index (κ2) is 3.31. The zero-order valence-electron chi connectivity index (χ0n) is 9.22. The Balaban J connectivity index is 2.89. The Labute approximate surface area is 81.5 Å². The van der Waals surface area contributed by atoms with Gasteiger partial charge in [0.15, 0.2) is 0 Å². The highest BCUT2D eigenvalue weighted by atomic mass is 15.2. The molecule has 0 bridgehead atoms. The first-order valence-electron chi connectivity index (χ1n) is 5.20. The maximum absolute atomic E-state index is 9.31. The molecule has 1 atom stereocenters. The molecule has 0 heterocycles. The standard InChI is InChI=1S/C11H20N2/c1-5-13(6-2)11(9-12)8-7-10(11,3)4/h5-8H2,1-4H3. The highest BCUT2D eigenvalue weighted by molar-refractivity contribution is 5.22. The van der Waals surface area contributed by atoms with Gasteiger partial charge in [-0.1, -0.05) is 27.7 Å². The van der Waals surface area contributed by atoms with Crippen LogP contribution in [0.5, 0.6) is 0 Å². The molecule has 74 valence electrons. The van der Waals surface area contributed by atoms with Crippen LogP contribution in [0.25, 0.3) is 0 Å². The van der Waals surface area contributed by atoms with E-state index in [9.17, 15) is 5.26 Å². The summed E-state index contributed by atoms with van der Waals surface area (Å²) in [4.78, 5) is 2.30. The molecule has 13 heavy (non-hydrogen) atoms. The number of hydrogen-bond acceptors (Lipinski definition) is 2. The van der Waals surface area contributed by atoms with Crippen LogP contribution < -0.4 is 0 Å². The lowest BCUT2D eigenvalue weighted by molar-refractivity contribution is -0.0532. The first kappa shape index (κ1) is 10.5. The van der Waals surface area contributed by atoms with Crippen LogP contribution in [-0.4, -0.2) is 23.5 Å². The number of rotatable bonds is 3. The van der Waals surface area contributed by atoms with Gasteiger partial charge < -0.3 is 0 Å². The first-order valence-corrected chi connectivity index (χ1v) is 5.20. The van der Waals surface area contributed by atoms with E-state index in [-0.39, 0.29) is 11.0 Å². The summed E-state index contributed by atoms with van der Waals surface area (Å²) in [6, 6.07) is 2.53. The van der Waals surface area contributed by atoms with Gasteiger partial charge in [0.1, 0.15) is 5.54 Å². The van der Waals surface area contributed by atoms with Crippen LogP contribution in [0.2, 0.25) is 0 Å². The second-order valence-corrected chi connectivity index (χ2v) is 4.53. The van der Waals surface area contributed by atoms with Gasteiger partial charge in [0, 0.05) is 0 Å². The minimum atomic E-state index is -0.184. The molecule has 1 saturated carbocycles. The Bertz CT molecular complexity index is 223. The van der Waals surface area contributed by atoms with E-state index in [1.54, 1.807) is 0 Å². The van der Waals surface area contributed by atoms with Crippen molar-refractivity contribution in [3.05, 3.63) is 0 Å². The van der Waals surface area contributed by atoms with Crippen molar-refractivity contribution in [1.82, 2.24) is 4.90 Å².